The van der Waals surface area contributed by atoms with Gasteiger partial charge in [0.15, 0.2) is 0 Å². The Kier molecular flexibility index (Phi) is 5.63. The van der Waals surface area contributed by atoms with Gasteiger partial charge in [-0.1, -0.05) is 20.8 Å². The number of nitrogens with zero attached hydrogens (tertiary/aromatic N) is 2. The van der Waals surface area contributed by atoms with E-state index in [0.717, 1.165) is 31.4 Å². The van der Waals surface area contributed by atoms with Gasteiger partial charge in [0, 0.05) is 18.7 Å². The minimum atomic E-state index is -0.0183. The van der Waals surface area contributed by atoms with Crippen molar-refractivity contribution in [1.29, 1.82) is 0 Å². The number of nitrogens with one attached hydrogen (secondary N) is 1. The molecule has 0 bridgehead atoms. The van der Waals surface area contributed by atoms with Gasteiger partial charge in [0.05, 0.1) is 6.61 Å². The summed E-state index contributed by atoms with van der Waals surface area (Å²) < 4.78 is 5.80. The molecule has 1 amide bonds. The highest BCUT2D eigenvalue weighted by Crippen LogP contribution is 2.33. The number of amides is 1. The molecule has 128 valence electrons. The Labute approximate surface area is 139 Å². The molecule has 0 saturated heterocycles. The van der Waals surface area contributed by atoms with Crippen LogP contribution in [-0.4, -0.2) is 43.0 Å². The van der Waals surface area contributed by atoms with E-state index in [9.17, 15) is 4.79 Å². The van der Waals surface area contributed by atoms with Crippen LogP contribution in [0, 0.1) is 5.92 Å². The van der Waals surface area contributed by atoms with Crippen LogP contribution in [-0.2, 0) is 10.2 Å². The summed E-state index contributed by atoms with van der Waals surface area (Å²) in [4.78, 5) is 18.7. The Morgan fingerprint density at radius 3 is 2.65 bits per heavy atom. The van der Waals surface area contributed by atoms with Gasteiger partial charge in [-0.15, -0.1) is 0 Å². The van der Waals surface area contributed by atoms with E-state index in [1.165, 1.54) is 0 Å². The number of hydrogen-bond donors (Lipinski definition) is 1. The molecule has 23 heavy (non-hydrogen) atoms. The van der Waals surface area contributed by atoms with E-state index in [0.29, 0.717) is 18.2 Å². The Balaban J connectivity index is 2.09. The first-order valence-electron chi connectivity index (χ1n) is 8.36. The Morgan fingerprint density at radius 1 is 1.39 bits per heavy atom. The predicted molar refractivity (Wildman–Crippen MR) is 93.0 cm³/mol. The van der Waals surface area contributed by atoms with Gasteiger partial charge in [-0.3, -0.25) is 4.79 Å². The molecule has 1 aliphatic carbocycles. The van der Waals surface area contributed by atoms with Crippen molar-refractivity contribution in [3.8, 4) is 5.88 Å². The van der Waals surface area contributed by atoms with Gasteiger partial charge in [0.2, 0.25) is 11.8 Å². The van der Waals surface area contributed by atoms with E-state index in [2.05, 4.69) is 36.0 Å². The normalized spacial score (nSPS) is 14.9. The lowest BCUT2D eigenvalue weighted by molar-refractivity contribution is -0.117. The summed E-state index contributed by atoms with van der Waals surface area (Å²) in [6.07, 6.45) is 4.73. The van der Waals surface area contributed by atoms with E-state index in [1.54, 1.807) is 0 Å². The number of anilines is 1. The maximum Gasteiger partial charge on any atom is 0.237 e. The molecule has 0 atom stereocenters. The lowest BCUT2D eigenvalue weighted by atomic mass is 9.88. The Bertz CT molecular complexity index is 546. The summed E-state index contributed by atoms with van der Waals surface area (Å²) in [6, 6.07) is 1.99. The molecule has 0 aromatic carbocycles. The molecule has 0 spiro atoms. The maximum atomic E-state index is 12.1. The zero-order chi connectivity index (χ0) is 17.0. The number of rotatable bonds is 7. The van der Waals surface area contributed by atoms with Crippen molar-refractivity contribution in [2.45, 2.75) is 45.4 Å². The van der Waals surface area contributed by atoms with Gasteiger partial charge in [-0.25, -0.2) is 4.98 Å². The van der Waals surface area contributed by atoms with Crippen LogP contribution in [0.15, 0.2) is 12.3 Å². The summed E-state index contributed by atoms with van der Waals surface area (Å²) in [6.45, 7) is 7.95. The van der Waals surface area contributed by atoms with E-state index < -0.39 is 0 Å². The minimum absolute atomic E-state index is 0.0183. The predicted octanol–water partition coefficient (Wildman–Crippen LogP) is 3.06. The van der Waals surface area contributed by atoms with Gasteiger partial charge in [0.25, 0.3) is 0 Å². The van der Waals surface area contributed by atoms with Crippen LogP contribution >= 0.6 is 0 Å². The molecule has 0 radical (unpaired) electrons. The second kappa shape index (κ2) is 7.30. The van der Waals surface area contributed by atoms with E-state index in [1.807, 2.05) is 26.4 Å². The smallest absolute Gasteiger partial charge is 0.237 e. The molecular formula is C18H29N3O2. The third kappa shape index (κ3) is 5.50. The Hall–Kier alpha value is -1.62. The Morgan fingerprint density at radius 2 is 2.09 bits per heavy atom. The van der Waals surface area contributed by atoms with E-state index in [4.69, 9.17) is 4.74 Å². The number of hydrogen-bond acceptors (Lipinski definition) is 4. The van der Waals surface area contributed by atoms with E-state index in [-0.39, 0.29) is 17.2 Å². The molecule has 1 aromatic heterocycles. The molecule has 5 nitrogen and oxygen atoms in total. The van der Waals surface area contributed by atoms with Crippen LogP contribution in [0.1, 0.15) is 45.6 Å². The van der Waals surface area contributed by atoms with E-state index >= 15 is 0 Å². The van der Waals surface area contributed by atoms with Crippen LogP contribution in [0.3, 0.4) is 0 Å². The van der Waals surface area contributed by atoms with Crippen molar-refractivity contribution >= 4 is 11.6 Å². The molecule has 5 heteroatoms. The molecule has 1 saturated carbocycles. The van der Waals surface area contributed by atoms with Crippen LogP contribution in [0.2, 0.25) is 0 Å². The third-order valence-corrected chi connectivity index (χ3v) is 3.91. The standard InChI is InChI=1S/C18H29N3O2/c1-18(2,3)14-11-15(20-16(22)13-7-8-13)17(19-12-14)23-10-6-9-21(4)5/h11-13H,6-10H2,1-5H3,(H,20,22). The van der Waals surface area contributed by atoms with Gasteiger partial charge < -0.3 is 15.0 Å². The summed E-state index contributed by atoms with van der Waals surface area (Å²) in [5.41, 5.74) is 1.76. The van der Waals surface area contributed by atoms with Gasteiger partial charge in [0.1, 0.15) is 5.69 Å². The van der Waals surface area contributed by atoms with Crippen molar-refractivity contribution in [1.82, 2.24) is 9.88 Å². The van der Waals surface area contributed by atoms with Crippen molar-refractivity contribution in [2.24, 2.45) is 5.92 Å². The highest BCUT2D eigenvalue weighted by molar-refractivity contribution is 5.95. The van der Waals surface area contributed by atoms with Crippen LogP contribution in [0.25, 0.3) is 0 Å². The first-order chi connectivity index (χ1) is 10.8. The average molecular weight is 319 g/mol. The topological polar surface area (TPSA) is 54.5 Å². The highest BCUT2D eigenvalue weighted by Gasteiger charge is 2.30. The number of carbonyl (C=O) groups is 1. The van der Waals surface area contributed by atoms with Gasteiger partial charge in [-0.05, 0) is 50.4 Å². The third-order valence-electron chi connectivity index (χ3n) is 3.91. The van der Waals surface area contributed by atoms with Crippen molar-refractivity contribution in [3.05, 3.63) is 17.8 Å². The number of ether oxygens (including phenoxy) is 1. The summed E-state index contributed by atoms with van der Waals surface area (Å²) in [7, 11) is 4.08. The minimum Gasteiger partial charge on any atom is -0.476 e. The quantitative estimate of drug-likeness (QED) is 0.785. The van der Waals surface area contributed by atoms with Gasteiger partial charge in [-0.2, -0.15) is 0 Å². The SMILES string of the molecule is CN(C)CCCOc1ncc(C(C)(C)C)cc1NC(=O)C1CC1. The molecule has 1 N–H and O–H groups in total. The first kappa shape index (κ1) is 17.7. The fourth-order valence-corrected chi connectivity index (χ4v) is 2.20. The number of aromatic nitrogens is 1. The lowest BCUT2D eigenvalue weighted by Crippen LogP contribution is -2.19. The largest absolute Gasteiger partial charge is 0.476 e. The van der Waals surface area contributed by atoms with Crippen molar-refractivity contribution in [2.75, 3.05) is 32.6 Å². The molecule has 1 heterocycles. The summed E-state index contributed by atoms with van der Waals surface area (Å²) >= 11 is 0. The molecule has 2 rings (SSSR count). The van der Waals surface area contributed by atoms with Crippen molar-refractivity contribution < 1.29 is 9.53 Å². The average Bonchev–Trinajstić information content (AvgIpc) is 3.28. The molecule has 0 unspecified atom stereocenters. The summed E-state index contributed by atoms with van der Waals surface area (Å²) in [5, 5.41) is 3.00. The molecule has 1 aromatic rings. The lowest BCUT2D eigenvalue weighted by Gasteiger charge is -2.21. The zero-order valence-electron chi connectivity index (χ0n) is 15.0. The van der Waals surface area contributed by atoms with Gasteiger partial charge >= 0.3 is 0 Å². The number of carbonyl (C=O) groups excluding carboxylic acids is 1. The number of pyridine rings is 1. The maximum absolute atomic E-state index is 12.1. The molecule has 0 aliphatic heterocycles. The van der Waals surface area contributed by atoms with Crippen LogP contribution in [0.4, 0.5) is 5.69 Å². The highest BCUT2D eigenvalue weighted by atomic mass is 16.5. The molecule has 1 aliphatic rings. The molecular weight excluding hydrogens is 290 g/mol. The molecule has 1 fully saturated rings. The second-order valence-electron chi connectivity index (χ2n) is 7.60. The van der Waals surface area contributed by atoms with Crippen molar-refractivity contribution in [3.63, 3.8) is 0 Å². The monoisotopic (exact) mass is 319 g/mol. The first-order valence-corrected chi connectivity index (χ1v) is 8.36. The summed E-state index contributed by atoms with van der Waals surface area (Å²) in [5.74, 6) is 0.761. The fraction of sp³-hybridized carbons (Fsp3) is 0.667. The zero-order valence-corrected chi connectivity index (χ0v) is 15.0. The second-order valence-corrected chi connectivity index (χ2v) is 7.60. The van der Waals surface area contributed by atoms with Crippen LogP contribution in [0.5, 0.6) is 5.88 Å². The fourth-order valence-electron chi connectivity index (χ4n) is 2.20. The van der Waals surface area contributed by atoms with Crippen LogP contribution < -0.4 is 10.1 Å².